The summed E-state index contributed by atoms with van der Waals surface area (Å²) in [5, 5.41) is 0. The molecule has 0 amide bonds. The van der Waals surface area contributed by atoms with Crippen molar-refractivity contribution in [1.82, 2.24) is 0 Å². The van der Waals surface area contributed by atoms with Gasteiger partial charge in [-0.15, -0.1) is 0 Å². The van der Waals surface area contributed by atoms with Gasteiger partial charge in [0, 0.05) is 11.5 Å². The van der Waals surface area contributed by atoms with Gasteiger partial charge in [-0.05, 0) is 52.3 Å². The van der Waals surface area contributed by atoms with Gasteiger partial charge in [-0.25, -0.2) is 0 Å². The van der Waals surface area contributed by atoms with Gasteiger partial charge in [-0.1, -0.05) is 47.6 Å². The Kier molecular flexibility index (Phi) is 2.74. The van der Waals surface area contributed by atoms with Crippen LogP contribution in [-0.2, 0) is 10.8 Å². The number of carbonyl (C=O) groups excluding carboxylic acids is 1. The SMILES string of the molecule is CC1C(=O)c2cc3c(cc2C1C)C(C)(C)CCC3(C)C. The van der Waals surface area contributed by atoms with E-state index >= 15 is 0 Å². The maximum absolute atomic E-state index is 12.5. The second kappa shape index (κ2) is 3.96. The molecule has 0 saturated heterocycles. The molecule has 0 aromatic heterocycles. The van der Waals surface area contributed by atoms with Crippen molar-refractivity contribution in [2.75, 3.05) is 0 Å². The monoisotopic (exact) mass is 270 g/mol. The zero-order valence-corrected chi connectivity index (χ0v) is 13.6. The highest BCUT2D eigenvalue weighted by Gasteiger charge is 2.41. The van der Waals surface area contributed by atoms with E-state index in [0.29, 0.717) is 11.7 Å². The van der Waals surface area contributed by atoms with Crippen molar-refractivity contribution < 1.29 is 4.79 Å². The first-order valence-electron chi connectivity index (χ1n) is 7.88. The Labute approximate surface area is 122 Å². The van der Waals surface area contributed by atoms with E-state index in [0.717, 1.165) is 5.56 Å². The van der Waals surface area contributed by atoms with Crippen LogP contribution < -0.4 is 0 Å². The van der Waals surface area contributed by atoms with Crippen LogP contribution in [0.5, 0.6) is 0 Å². The Morgan fingerprint density at radius 1 is 0.900 bits per heavy atom. The highest BCUT2D eigenvalue weighted by Crippen LogP contribution is 2.49. The number of ketones is 1. The van der Waals surface area contributed by atoms with Crippen molar-refractivity contribution in [3.05, 3.63) is 34.4 Å². The van der Waals surface area contributed by atoms with E-state index in [1.807, 2.05) is 0 Å². The summed E-state index contributed by atoms with van der Waals surface area (Å²) in [6, 6.07) is 4.59. The Morgan fingerprint density at radius 3 is 1.95 bits per heavy atom. The second-order valence-electron chi connectivity index (χ2n) is 8.19. The molecule has 0 saturated carbocycles. The third kappa shape index (κ3) is 1.71. The molecule has 0 radical (unpaired) electrons. The lowest BCUT2D eigenvalue weighted by molar-refractivity contribution is 0.0936. The van der Waals surface area contributed by atoms with E-state index in [2.05, 4.69) is 53.7 Å². The molecule has 0 bridgehead atoms. The zero-order chi connectivity index (χ0) is 14.9. The number of hydrogen-bond donors (Lipinski definition) is 0. The molecule has 1 nitrogen and oxygen atoms in total. The number of fused-ring (bicyclic) bond motifs is 2. The lowest BCUT2D eigenvalue weighted by atomic mass is 9.62. The lowest BCUT2D eigenvalue weighted by Crippen LogP contribution is -2.34. The third-order valence-electron chi connectivity index (χ3n) is 5.94. The number of Topliss-reactive ketones (excluding diaryl/α,β-unsaturated/α-hetero) is 1. The van der Waals surface area contributed by atoms with Gasteiger partial charge in [0.15, 0.2) is 5.78 Å². The van der Waals surface area contributed by atoms with Crippen LogP contribution in [0.2, 0.25) is 0 Å². The largest absolute Gasteiger partial charge is 0.294 e. The first-order chi connectivity index (χ1) is 9.15. The van der Waals surface area contributed by atoms with Crippen LogP contribution in [0.4, 0.5) is 0 Å². The van der Waals surface area contributed by atoms with Crippen LogP contribution in [0.25, 0.3) is 0 Å². The van der Waals surface area contributed by atoms with Crippen molar-refractivity contribution in [1.29, 1.82) is 0 Å². The number of benzene rings is 1. The number of rotatable bonds is 0. The number of hydrogen-bond acceptors (Lipinski definition) is 1. The molecule has 2 aliphatic rings. The normalized spacial score (nSPS) is 30.0. The van der Waals surface area contributed by atoms with Crippen LogP contribution in [0.1, 0.15) is 87.4 Å². The molecular weight excluding hydrogens is 244 g/mol. The predicted octanol–water partition coefficient (Wildman–Crippen LogP) is 4.97. The Balaban J connectivity index is 2.28. The maximum Gasteiger partial charge on any atom is 0.166 e. The predicted molar refractivity (Wildman–Crippen MR) is 83.6 cm³/mol. The van der Waals surface area contributed by atoms with E-state index in [1.54, 1.807) is 0 Å². The molecular formula is C19H26O. The van der Waals surface area contributed by atoms with Crippen LogP contribution in [0.15, 0.2) is 12.1 Å². The molecule has 0 heterocycles. The van der Waals surface area contributed by atoms with E-state index in [1.165, 1.54) is 29.5 Å². The molecule has 1 aromatic carbocycles. The van der Waals surface area contributed by atoms with E-state index < -0.39 is 0 Å². The van der Waals surface area contributed by atoms with Crippen LogP contribution >= 0.6 is 0 Å². The van der Waals surface area contributed by atoms with Gasteiger partial charge < -0.3 is 0 Å². The first-order valence-corrected chi connectivity index (χ1v) is 7.88. The minimum Gasteiger partial charge on any atom is -0.294 e. The highest BCUT2D eigenvalue weighted by molar-refractivity contribution is 6.03. The summed E-state index contributed by atoms with van der Waals surface area (Å²) in [6.45, 7) is 13.6. The summed E-state index contributed by atoms with van der Waals surface area (Å²) in [5.74, 6) is 0.846. The van der Waals surface area contributed by atoms with E-state index in [-0.39, 0.29) is 16.7 Å². The van der Waals surface area contributed by atoms with Gasteiger partial charge in [0.2, 0.25) is 0 Å². The molecule has 3 rings (SSSR count). The van der Waals surface area contributed by atoms with Crippen molar-refractivity contribution in [3.63, 3.8) is 0 Å². The fourth-order valence-electron chi connectivity index (χ4n) is 3.96. The fraction of sp³-hybridized carbons (Fsp3) is 0.632. The molecule has 20 heavy (non-hydrogen) atoms. The standard InChI is InChI=1S/C19H26O/c1-11-12(2)17(20)14-10-16-15(9-13(11)14)18(3,4)7-8-19(16,5)6/h9-12H,7-8H2,1-6H3. The molecule has 0 fully saturated rings. The van der Waals surface area contributed by atoms with Crippen LogP contribution in [0, 0.1) is 5.92 Å². The van der Waals surface area contributed by atoms with E-state index in [4.69, 9.17) is 0 Å². The molecule has 2 aliphatic carbocycles. The molecule has 0 aliphatic heterocycles. The Bertz CT molecular complexity index is 592. The zero-order valence-electron chi connectivity index (χ0n) is 13.6. The average Bonchev–Trinajstić information content (AvgIpc) is 2.59. The van der Waals surface area contributed by atoms with Gasteiger partial charge in [-0.2, -0.15) is 0 Å². The summed E-state index contributed by atoms with van der Waals surface area (Å²) in [5.41, 5.74) is 5.58. The van der Waals surface area contributed by atoms with Crippen molar-refractivity contribution in [3.8, 4) is 0 Å². The molecule has 0 spiro atoms. The van der Waals surface area contributed by atoms with Gasteiger partial charge in [-0.3, -0.25) is 4.79 Å². The van der Waals surface area contributed by atoms with Gasteiger partial charge in [0.1, 0.15) is 0 Å². The van der Waals surface area contributed by atoms with Crippen molar-refractivity contribution >= 4 is 5.78 Å². The molecule has 1 heteroatoms. The highest BCUT2D eigenvalue weighted by atomic mass is 16.1. The quantitative estimate of drug-likeness (QED) is 0.650. The smallest absolute Gasteiger partial charge is 0.166 e. The molecule has 2 unspecified atom stereocenters. The van der Waals surface area contributed by atoms with Gasteiger partial charge in [0.05, 0.1) is 0 Å². The first kappa shape index (κ1) is 13.9. The maximum atomic E-state index is 12.5. The Morgan fingerprint density at radius 2 is 1.40 bits per heavy atom. The third-order valence-corrected chi connectivity index (χ3v) is 5.94. The molecule has 2 atom stereocenters. The minimum absolute atomic E-state index is 0.139. The van der Waals surface area contributed by atoms with Gasteiger partial charge in [0.25, 0.3) is 0 Å². The molecule has 0 N–H and O–H groups in total. The molecule has 108 valence electrons. The van der Waals surface area contributed by atoms with Crippen molar-refractivity contribution in [2.24, 2.45) is 5.92 Å². The van der Waals surface area contributed by atoms with Crippen LogP contribution in [0.3, 0.4) is 0 Å². The fourth-order valence-corrected chi connectivity index (χ4v) is 3.96. The van der Waals surface area contributed by atoms with E-state index in [9.17, 15) is 4.79 Å². The summed E-state index contributed by atoms with van der Waals surface area (Å²) in [6.07, 6.45) is 2.43. The van der Waals surface area contributed by atoms with Crippen LogP contribution in [-0.4, -0.2) is 5.78 Å². The van der Waals surface area contributed by atoms with Gasteiger partial charge >= 0.3 is 0 Å². The topological polar surface area (TPSA) is 17.1 Å². The lowest BCUT2D eigenvalue weighted by Gasteiger charge is -2.42. The summed E-state index contributed by atoms with van der Waals surface area (Å²) < 4.78 is 0. The second-order valence-corrected chi connectivity index (χ2v) is 8.19. The minimum atomic E-state index is 0.139. The summed E-state index contributed by atoms with van der Waals surface area (Å²) >= 11 is 0. The average molecular weight is 270 g/mol. The summed E-state index contributed by atoms with van der Waals surface area (Å²) in [7, 11) is 0. The molecule has 1 aromatic rings. The Hall–Kier alpha value is -1.11. The van der Waals surface area contributed by atoms with Crippen molar-refractivity contribution in [2.45, 2.75) is 71.1 Å². The number of carbonyl (C=O) groups is 1. The summed E-state index contributed by atoms with van der Waals surface area (Å²) in [4.78, 5) is 12.5.